The number of carbonyl (C=O) groups is 1. The van der Waals surface area contributed by atoms with Gasteiger partial charge in [0, 0.05) is 19.7 Å². The number of likely N-dealkylation sites (tertiary alicyclic amines) is 1. The lowest BCUT2D eigenvalue weighted by Gasteiger charge is -2.37. The molecule has 1 aromatic heterocycles. The monoisotopic (exact) mass is 390 g/mol. The van der Waals surface area contributed by atoms with Crippen LogP contribution in [0.15, 0.2) is 6.20 Å². The summed E-state index contributed by atoms with van der Waals surface area (Å²) in [4.78, 5) is 13.6. The molecule has 1 saturated heterocycles. The number of hydrogen-bond donors (Lipinski definition) is 2. The Kier molecular flexibility index (Phi) is 6.16. The first-order valence-electron chi connectivity index (χ1n) is 10.9. The summed E-state index contributed by atoms with van der Waals surface area (Å²) in [7, 11) is 0. The summed E-state index contributed by atoms with van der Waals surface area (Å²) in [5.74, 6) is 2.20. The van der Waals surface area contributed by atoms with Gasteiger partial charge in [-0.25, -0.2) is 9.48 Å². The van der Waals surface area contributed by atoms with Crippen LogP contribution in [0.5, 0.6) is 0 Å². The lowest BCUT2D eigenvalue weighted by molar-refractivity contribution is -0.0375. The molecular weight excluding hydrogens is 356 g/mol. The summed E-state index contributed by atoms with van der Waals surface area (Å²) in [5, 5.41) is 11.2. The van der Waals surface area contributed by atoms with E-state index in [1.807, 2.05) is 10.9 Å². The van der Waals surface area contributed by atoms with E-state index in [0.717, 1.165) is 37.0 Å². The van der Waals surface area contributed by atoms with Gasteiger partial charge in [0.1, 0.15) is 5.69 Å². The molecule has 28 heavy (non-hydrogen) atoms. The van der Waals surface area contributed by atoms with Crippen LogP contribution in [0.2, 0.25) is 0 Å². The predicted molar refractivity (Wildman–Crippen MR) is 106 cm³/mol. The van der Waals surface area contributed by atoms with Gasteiger partial charge in [0.05, 0.1) is 24.9 Å². The Bertz CT molecular complexity index is 661. The number of nitrogens with two attached hydrogens (primary N) is 1. The molecule has 3 fully saturated rings. The number of ether oxygens (including phenoxy) is 1. The number of aromatic nitrogens is 3. The maximum Gasteiger partial charge on any atom is 0.312 e. The molecule has 1 aliphatic heterocycles. The summed E-state index contributed by atoms with van der Waals surface area (Å²) in [6, 6.07) is -0.320. The average molecular weight is 391 g/mol. The zero-order valence-corrected chi connectivity index (χ0v) is 16.9. The molecule has 0 radical (unpaired) electrons. The number of hydrogen-bond acceptors (Lipinski definition) is 5. The zero-order valence-electron chi connectivity index (χ0n) is 16.9. The van der Waals surface area contributed by atoms with Crippen molar-refractivity contribution in [1.29, 1.82) is 0 Å². The number of rotatable bonds is 9. The Hall–Kier alpha value is -1.67. The second-order valence-corrected chi connectivity index (χ2v) is 8.89. The van der Waals surface area contributed by atoms with E-state index < -0.39 is 6.03 Å². The molecule has 156 valence electrons. The van der Waals surface area contributed by atoms with E-state index in [0.29, 0.717) is 12.5 Å². The maximum atomic E-state index is 11.0. The van der Waals surface area contributed by atoms with Crippen molar-refractivity contribution < 1.29 is 9.53 Å². The molecule has 4 atom stereocenters. The number of nitrogens with zero attached hydrogens (tertiary/aromatic N) is 4. The highest BCUT2D eigenvalue weighted by Crippen LogP contribution is 2.43. The van der Waals surface area contributed by atoms with Crippen LogP contribution in [0.3, 0.4) is 0 Å². The summed E-state index contributed by atoms with van der Waals surface area (Å²) < 4.78 is 8.38. The minimum Gasteiger partial charge on any atom is -0.376 e. The molecule has 8 nitrogen and oxygen atoms in total. The second kappa shape index (κ2) is 8.78. The molecule has 0 bridgehead atoms. The fourth-order valence-electron chi connectivity index (χ4n) is 4.79. The molecule has 2 amide bonds. The number of unbranched alkanes of at least 4 members (excludes halogenated alkanes) is 1. The van der Waals surface area contributed by atoms with Crippen molar-refractivity contribution in [1.82, 2.24) is 25.2 Å². The highest BCUT2D eigenvalue weighted by atomic mass is 16.5. The minimum absolute atomic E-state index is 0.201. The number of primary amides is 1. The summed E-state index contributed by atoms with van der Waals surface area (Å²) in [6.07, 6.45) is 9.49. The fraction of sp³-hybridized carbons (Fsp3) is 0.850. The van der Waals surface area contributed by atoms with Crippen LogP contribution in [0.1, 0.15) is 57.2 Å². The molecule has 1 aromatic rings. The van der Waals surface area contributed by atoms with E-state index in [2.05, 4.69) is 27.5 Å². The topological polar surface area (TPSA) is 98.3 Å². The molecule has 0 spiro atoms. The zero-order chi connectivity index (χ0) is 19.5. The van der Waals surface area contributed by atoms with Crippen LogP contribution in [0.25, 0.3) is 0 Å². The van der Waals surface area contributed by atoms with Gasteiger partial charge in [-0.3, -0.25) is 0 Å². The van der Waals surface area contributed by atoms with E-state index >= 15 is 0 Å². The Labute approximate surface area is 167 Å². The fourth-order valence-corrected chi connectivity index (χ4v) is 4.79. The van der Waals surface area contributed by atoms with Crippen molar-refractivity contribution in [2.24, 2.45) is 23.5 Å². The number of fused-ring (bicyclic) bond motifs is 1. The molecule has 0 aromatic carbocycles. The Morgan fingerprint density at radius 1 is 1.32 bits per heavy atom. The molecule has 2 saturated carbocycles. The van der Waals surface area contributed by atoms with Crippen LogP contribution >= 0.6 is 0 Å². The van der Waals surface area contributed by atoms with Gasteiger partial charge in [-0.2, -0.15) is 0 Å². The molecule has 3 N–H and O–H groups in total. The lowest BCUT2D eigenvalue weighted by Crippen LogP contribution is -2.38. The number of amides is 2. The van der Waals surface area contributed by atoms with Gasteiger partial charge < -0.3 is 20.7 Å². The van der Waals surface area contributed by atoms with Crippen LogP contribution < -0.4 is 11.1 Å². The third kappa shape index (κ3) is 4.84. The van der Waals surface area contributed by atoms with E-state index in [1.54, 1.807) is 0 Å². The van der Waals surface area contributed by atoms with E-state index in [-0.39, 0.29) is 12.1 Å². The highest BCUT2D eigenvalue weighted by Gasteiger charge is 2.44. The molecule has 2 aliphatic carbocycles. The Balaban J connectivity index is 1.43. The molecule has 8 heteroatoms. The first kappa shape index (κ1) is 19.6. The molecule has 0 unspecified atom stereocenters. The van der Waals surface area contributed by atoms with Gasteiger partial charge >= 0.3 is 6.03 Å². The number of carbonyl (C=O) groups excluding carboxylic acids is 1. The van der Waals surface area contributed by atoms with Gasteiger partial charge in [0.25, 0.3) is 0 Å². The van der Waals surface area contributed by atoms with Gasteiger partial charge in [-0.15, -0.1) is 5.10 Å². The van der Waals surface area contributed by atoms with E-state index in [9.17, 15) is 4.79 Å². The summed E-state index contributed by atoms with van der Waals surface area (Å²) in [6.45, 7) is 7.08. The van der Waals surface area contributed by atoms with Crippen LogP contribution in [-0.4, -0.2) is 58.3 Å². The van der Waals surface area contributed by atoms with Crippen molar-refractivity contribution in [2.75, 3.05) is 26.2 Å². The average Bonchev–Trinajstić information content (AvgIpc) is 3.24. The van der Waals surface area contributed by atoms with Crippen molar-refractivity contribution in [3.05, 3.63) is 11.9 Å². The SMILES string of the molecule is CCCCN1C[C@H]2C[C@@H](n3cc(CNC(N)=O)nn3)[C@H](OCC3CC3)C[C@H]2C1. The second-order valence-electron chi connectivity index (χ2n) is 8.89. The van der Waals surface area contributed by atoms with E-state index in [1.165, 1.54) is 45.3 Å². The van der Waals surface area contributed by atoms with E-state index in [4.69, 9.17) is 10.5 Å². The van der Waals surface area contributed by atoms with Gasteiger partial charge in [-0.05, 0) is 56.4 Å². The highest BCUT2D eigenvalue weighted by molar-refractivity contribution is 5.71. The molecule has 3 aliphatic rings. The van der Waals surface area contributed by atoms with Crippen molar-refractivity contribution in [3.63, 3.8) is 0 Å². The Morgan fingerprint density at radius 2 is 2.11 bits per heavy atom. The molecule has 2 heterocycles. The van der Waals surface area contributed by atoms with Crippen molar-refractivity contribution >= 4 is 6.03 Å². The smallest absolute Gasteiger partial charge is 0.312 e. The molecular formula is C20H34N6O2. The van der Waals surface area contributed by atoms with Gasteiger partial charge in [-0.1, -0.05) is 18.6 Å². The third-order valence-electron chi connectivity index (χ3n) is 6.57. The third-order valence-corrected chi connectivity index (χ3v) is 6.57. The minimum atomic E-state index is -0.543. The quantitative estimate of drug-likeness (QED) is 0.671. The summed E-state index contributed by atoms with van der Waals surface area (Å²) in [5.41, 5.74) is 5.90. The predicted octanol–water partition coefficient (Wildman–Crippen LogP) is 1.92. The largest absolute Gasteiger partial charge is 0.376 e. The first-order chi connectivity index (χ1) is 13.6. The Morgan fingerprint density at radius 3 is 2.82 bits per heavy atom. The van der Waals surface area contributed by atoms with Crippen LogP contribution in [0.4, 0.5) is 4.79 Å². The summed E-state index contributed by atoms with van der Waals surface area (Å²) >= 11 is 0. The van der Waals surface area contributed by atoms with Gasteiger partial charge in [0.2, 0.25) is 0 Å². The van der Waals surface area contributed by atoms with Gasteiger partial charge in [0.15, 0.2) is 0 Å². The standard InChI is InChI=1S/C20H34N6O2/c1-2-3-6-25-10-15-7-18(26-12-17(23-24-26)9-22-20(21)27)19(8-16(15)11-25)28-13-14-4-5-14/h12,14-16,18-19H,2-11,13H2,1H3,(H3,21,22,27)/t15-,16+,18-,19-/m1/s1. The normalized spacial score (nSPS) is 30.3. The first-order valence-corrected chi connectivity index (χ1v) is 10.9. The van der Waals surface area contributed by atoms with Crippen LogP contribution in [0, 0.1) is 17.8 Å². The number of urea groups is 1. The van der Waals surface area contributed by atoms with Crippen molar-refractivity contribution in [3.8, 4) is 0 Å². The lowest BCUT2D eigenvalue weighted by atomic mass is 9.77. The van der Waals surface area contributed by atoms with Crippen LogP contribution in [-0.2, 0) is 11.3 Å². The number of nitrogens with one attached hydrogen (secondary N) is 1. The molecule has 4 rings (SSSR count). The van der Waals surface area contributed by atoms with Crippen molar-refractivity contribution in [2.45, 2.75) is 64.1 Å². The maximum absolute atomic E-state index is 11.0.